The lowest BCUT2D eigenvalue weighted by molar-refractivity contribution is -0.143. The van der Waals surface area contributed by atoms with Gasteiger partial charge in [-0.05, 0) is 75.9 Å². The summed E-state index contributed by atoms with van der Waals surface area (Å²) in [4.78, 5) is 14.5. The highest BCUT2D eigenvalue weighted by atomic mass is 32.2. The summed E-state index contributed by atoms with van der Waals surface area (Å²) >= 11 is 0. The first-order valence-corrected chi connectivity index (χ1v) is 12.3. The van der Waals surface area contributed by atoms with Crippen LogP contribution in [0.2, 0.25) is 0 Å². The Morgan fingerprint density at radius 1 is 1.16 bits per heavy atom. The zero-order valence-corrected chi connectivity index (χ0v) is 19.7. The molecule has 1 aromatic rings. The zero-order valence-electron chi connectivity index (χ0n) is 18.9. The van der Waals surface area contributed by atoms with Gasteiger partial charge in [0, 0.05) is 13.1 Å². The van der Waals surface area contributed by atoms with Gasteiger partial charge in [0.25, 0.3) is 0 Å². The number of rotatable bonds is 10. The molecule has 1 aromatic carbocycles. The minimum atomic E-state index is -3.96. The first kappa shape index (κ1) is 25.2. The van der Waals surface area contributed by atoms with Gasteiger partial charge in [-0.25, -0.2) is 8.42 Å². The van der Waals surface area contributed by atoms with Crippen molar-refractivity contribution in [1.82, 2.24) is 9.21 Å². The molecule has 31 heavy (non-hydrogen) atoms. The second kappa shape index (κ2) is 11.5. The fraction of sp³-hybridized carbons (Fsp3) is 0.609. The highest BCUT2D eigenvalue weighted by Crippen LogP contribution is 2.33. The molecule has 2 rings (SSSR count). The highest BCUT2D eigenvalue weighted by Gasteiger charge is 2.40. The van der Waals surface area contributed by atoms with E-state index in [4.69, 9.17) is 4.74 Å². The number of nitrogens with zero attached hydrogens (tertiary/aromatic N) is 2. The number of ether oxygens (including phenoxy) is 1. The summed E-state index contributed by atoms with van der Waals surface area (Å²) in [5.74, 6) is 4.69. The summed E-state index contributed by atoms with van der Waals surface area (Å²) in [7, 11) is -2.59. The van der Waals surface area contributed by atoms with Crippen LogP contribution in [-0.2, 0) is 14.8 Å². The van der Waals surface area contributed by atoms with Crippen LogP contribution in [0.1, 0.15) is 46.5 Å². The predicted molar refractivity (Wildman–Crippen MR) is 120 cm³/mol. The molecule has 0 saturated heterocycles. The SMILES string of the molecule is CC#CCOc1ccc(S(=O)(=O)N(C)C(C(=O)O)C2CCC(N(CC)CC)CC2)cc1. The van der Waals surface area contributed by atoms with Gasteiger partial charge in [0.2, 0.25) is 10.0 Å². The predicted octanol–water partition coefficient (Wildman–Crippen LogP) is 3.06. The quantitative estimate of drug-likeness (QED) is 0.551. The van der Waals surface area contributed by atoms with E-state index in [9.17, 15) is 18.3 Å². The van der Waals surface area contributed by atoms with E-state index in [1.807, 2.05) is 0 Å². The van der Waals surface area contributed by atoms with Crippen molar-refractivity contribution >= 4 is 16.0 Å². The second-order valence-electron chi connectivity index (χ2n) is 7.78. The van der Waals surface area contributed by atoms with Crippen molar-refractivity contribution in [3.05, 3.63) is 24.3 Å². The first-order valence-electron chi connectivity index (χ1n) is 10.8. The van der Waals surface area contributed by atoms with Crippen LogP contribution in [0.25, 0.3) is 0 Å². The minimum Gasteiger partial charge on any atom is -0.481 e. The topological polar surface area (TPSA) is 87.2 Å². The number of carbonyl (C=O) groups is 1. The van der Waals surface area contributed by atoms with E-state index in [1.54, 1.807) is 19.1 Å². The molecular weight excluding hydrogens is 416 g/mol. The number of likely N-dealkylation sites (N-methyl/N-ethyl adjacent to an activating group) is 1. The van der Waals surface area contributed by atoms with Gasteiger partial charge in [0.05, 0.1) is 4.90 Å². The van der Waals surface area contributed by atoms with Gasteiger partial charge < -0.3 is 14.7 Å². The molecule has 0 spiro atoms. The van der Waals surface area contributed by atoms with Crippen LogP contribution < -0.4 is 4.74 Å². The van der Waals surface area contributed by atoms with E-state index in [2.05, 4.69) is 30.6 Å². The Kier molecular flexibility index (Phi) is 9.35. The fourth-order valence-corrected chi connectivity index (χ4v) is 5.77. The maximum atomic E-state index is 13.1. The number of benzene rings is 1. The maximum absolute atomic E-state index is 13.1. The summed E-state index contributed by atoms with van der Waals surface area (Å²) in [5.41, 5.74) is 0. The van der Waals surface area contributed by atoms with Gasteiger partial charge in [-0.15, -0.1) is 5.92 Å². The van der Waals surface area contributed by atoms with E-state index in [0.29, 0.717) is 24.6 Å². The van der Waals surface area contributed by atoms with Gasteiger partial charge in [0.1, 0.15) is 18.4 Å². The molecule has 0 heterocycles. The van der Waals surface area contributed by atoms with Gasteiger partial charge in [-0.3, -0.25) is 4.79 Å². The monoisotopic (exact) mass is 450 g/mol. The smallest absolute Gasteiger partial charge is 0.322 e. The average molecular weight is 451 g/mol. The summed E-state index contributed by atoms with van der Waals surface area (Å²) in [6.07, 6.45) is 3.17. The van der Waals surface area contributed by atoms with Crippen LogP contribution in [-0.4, -0.2) is 67.5 Å². The molecule has 0 radical (unpaired) electrons. The Bertz CT molecular complexity index is 877. The molecule has 0 bridgehead atoms. The van der Waals surface area contributed by atoms with Crippen LogP contribution in [0.3, 0.4) is 0 Å². The Morgan fingerprint density at radius 2 is 1.74 bits per heavy atom. The molecule has 1 fully saturated rings. The number of aliphatic carboxylic acids is 1. The lowest BCUT2D eigenvalue weighted by Gasteiger charge is -2.39. The third-order valence-electron chi connectivity index (χ3n) is 6.15. The summed E-state index contributed by atoms with van der Waals surface area (Å²) in [6.45, 7) is 8.12. The van der Waals surface area contributed by atoms with E-state index in [-0.39, 0.29) is 17.4 Å². The van der Waals surface area contributed by atoms with Gasteiger partial charge in [-0.1, -0.05) is 19.8 Å². The van der Waals surface area contributed by atoms with Crippen LogP contribution >= 0.6 is 0 Å². The van der Waals surface area contributed by atoms with Crippen molar-refractivity contribution in [1.29, 1.82) is 0 Å². The second-order valence-corrected chi connectivity index (χ2v) is 9.78. The normalized spacial score (nSPS) is 20.2. The number of sulfonamides is 1. The summed E-state index contributed by atoms with van der Waals surface area (Å²) in [6, 6.07) is 5.35. The third-order valence-corrected chi connectivity index (χ3v) is 8.00. The van der Waals surface area contributed by atoms with Crippen molar-refractivity contribution in [3.8, 4) is 17.6 Å². The molecule has 0 aromatic heterocycles. The maximum Gasteiger partial charge on any atom is 0.322 e. The molecule has 1 aliphatic rings. The Morgan fingerprint density at radius 3 is 2.23 bits per heavy atom. The summed E-state index contributed by atoms with van der Waals surface area (Å²) < 4.78 is 32.7. The number of hydrogen-bond acceptors (Lipinski definition) is 5. The van der Waals surface area contributed by atoms with Crippen molar-refractivity contribution < 1.29 is 23.1 Å². The molecular formula is C23H34N2O5S. The number of carboxylic acids is 1. The zero-order chi connectivity index (χ0) is 23.0. The highest BCUT2D eigenvalue weighted by molar-refractivity contribution is 7.89. The average Bonchev–Trinajstić information content (AvgIpc) is 2.76. The molecule has 0 amide bonds. The van der Waals surface area contributed by atoms with E-state index >= 15 is 0 Å². The lowest BCUT2D eigenvalue weighted by Crippen LogP contribution is -2.49. The molecule has 8 heteroatoms. The molecule has 7 nitrogen and oxygen atoms in total. The van der Waals surface area contributed by atoms with Crippen LogP contribution in [0.15, 0.2) is 29.2 Å². The molecule has 1 saturated carbocycles. The molecule has 1 N–H and O–H groups in total. The fourth-order valence-electron chi connectivity index (χ4n) is 4.39. The van der Waals surface area contributed by atoms with Crippen molar-refractivity contribution in [2.75, 3.05) is 26.7 Å². The van der Waals surface area contributed by atoms with Gasteiger partial charge in [0.15, 0.2) is 0 Å². The van der Waals surface area contributed by atoms with Crippen LogP contribution in [0.5, 0.6) is 5.75 Å². The first-order chi connectivity index (χ1) is 14.8. The molecule has 1 aliphatic carbocycles. The van der Waals surface area contributed by atoms with Crippen LogP contribution in [0, 0.1) is 17.8 Å². The number of carboxylic acid groups (broad SMARTS) is 1. The Balaban J connectivity index is 2.14. The van der Waals surface area contributed by atoms with E-state index < -0.39 is 22.0 Å². The standard InChI is InChI=1S/C23H34N2O5S/c1-5-8-17-30-20-13-15-21(16-14-20)31(28,29)24(4)22(23(26)27)18-9-11-19(12-10-18)25(6-2)7-3/h13-16,18-19,22H,6-7,9-12,17H2,1-4H3,(H,26,27). The number of hydrogen-bond donors (Lipinski definition) is 1. The van der Waals surface area contributed by atoms with Crippen molar-refractivity contribution in [2.45, 2.75) is 63.4 Å². The molecule has 0 aliphatic heterocycles. The summed E-state index contributed by atoms with van der Waals surface area (Å²) in [5, 5.41) is 9.89. The van der Waals surface area contributed by atoms with Gasteiger partial charge in [-0.2, -0.15) is 4.31 Å². The van der Waals surface area contributed by atoms with E-state index in [0.717, 1.165) is 30.2 Å². The van der Waals surface area contributed by atoms with Gasteiger partial charge >= 0.3 is 5.97 Å². The van der Waals surface area contributed by atoms with Crippen LogP contribution in [0.4, 0.5) is 0 Å². The molecule has 172 valence electrons. The van der Waals surface area contributed by atoms with E-state index in [1.165, 1.54) is 19.2 Å². The minimum absolute atomic E-state index is 0.0482. The Labute approximate surface area is 186 Å². The van der Waals surface area contributed by atoms with Crippen molar-refractivity contribution in [3.63, 3.8) is 0 Å². The third kappa shape index (κ3) is 6.22. The van der Waals surface area contributed by atoms with Crippen molar-refractivity contribution in [2.24, 2.45) is 5.92 Å². The largest absolute Gasteiger partial charge is 0.481 e. The lowest BCUT2D eigenvalue weighted by atomic mass is 9.81. The molecule has 1 atom stereocenters. The molecule has 1 unspecified atom stereocenters. The Hall–Kier alpha value is -2.08.